The summed E-state index contributed by atoms with van der Waals surface area (Å²) in [5.74, 6) is 3.11. The molecular weight excluding hydrogens is 512 g/mol. The Morgan fingerprint density at radius 3 is 2.27 bits per heavy atom. The number of nitrogens with zero attached hydrogens (tertiary/aromatic N) is 2. The lowest BCUT2D eigenvalue weighted by Gasteiger charge is -2.55. The van der Waals surface area contributed by atoms with Gasteiger partial charge in [-0.3, -0.25) is 0 Å². The molecule has 0 spiro atoms. The normalized spacial score (nSPS) is 29.8. The van der Waals surface area contributed by atoms with E-state index in [4.69, 9.17) is 19.3 Å². The van der Waals surface area contributed by atoms with Crippen molar-refractivity contribution in [2.24, 2.45) is 17.8 Å². The van der Waals surface area contributed by atoms with Crippen molar-refractivity contribution in [3.8, 4) is 5.75 Å². The quantitative estimate of drug-likeness (QED) is 0.430. The zero-order valence-electron chi connectivity index (χ0n) is 21.1. The van der Waals surface area contributed by atoms with Crippen LogP contribution in [0.1, 0.15) is 68.0 Å². The standard InChI is InChI=1S/C27H34N2O6S2/c1-37(31,32)24-4-2-23(3-5-24)33-16-22-17-36-25(28-22)21-6-8-29(9-7-21)35-26(30)34-27-13-18-10-19(14-27)12-20(11-18)15-27/h2-5,17-21H,6-16H2,1H3. The molecule has 37 heavy (non-hydrogen) atoms. The van der Waals surface area contributed by atoms with E-state index in [0.29, 0.717) is 31.4 Å². The summed E-state index contributed by atoms with van der Waals surface area (Å²) in [5, 5.41) is 4.82. The van der Waals surface area contributed by atoms with E-state index < -0.39 is 16.0 Å². The SMILES string of the molecule is CS(=O)(=O)c1ccc(OCc2csc(C3CCN(OC(=O)OC45CC6CC(CC(C6)C4)C5)CC3)n2)cc1. The first-order chi connectivity index (χ1) is 17.7. The molecule has 1 aliphatic heterocycles. The van der Waals surface area contributed by atoms with Crippen LogP contribution in [-0.4, -0.2) is 49.6 Å². The molecule has 4 aliphatic carbocycles. The van der Waals surface area contributed by atoms with Crippen molar-refractivity contribution in [1.29, 1.82) is 0 Å². The number of ether oxygens (including phenoxy) is 2. The summed E-state index contributed by atoms with van der Waals surface area (Å²) in [4.78, 5) is 23.3. The predicted molar refractivity (Wildman–Crippen MR) is 138 cm³/mol. The van der Waals surface area contributed by atoms with Gasteiger partial charge in [0.2, 0.25) is 0 Å². The second-order valence-electron chi connectivity index (χ2n) is 11.5. The summed E-state index contributed by atoms with van der Waals surface area (Å²) in [5.41, 5.74) is 0.573. The lowest BCUT2D eigenvalue weighted by atomic mass is 9.54. The van der Waals surface area contributed by atoms with E-state index in [2.05, 4.69) is 0 Å². The first-order valence-electron chi connectivity index (χ1n) is 13.3. The molecule has 5 fully saturated rings. The molecule has 2 heterocycles. The van der Waals surface area contributed by atoms with Gasteiger partial charge in [0, 0.05) is 30.6 Å². The molecule has 0 amide bonds. The van der Waals surface area contributed by atoms with E-state index in [1.807, 2.05) is 5.38 Å². The monoisotopic (exact) mass is 546 g/mol. The molecular formula is C27H34N2O6S2. The number of benzene rings is 1. The minimum Gasteiger partial charge on any atom is -0.487 e. The lowest BCUT2D eigenvalue weighted by molar-refractivity contribution is -0.188. The predicted octanol–water partition coefficient (Wildman–Crippen LogP) is 5.34. The van der Waals surface area contributed by atoms with Crippen LogP contribution < -0.4 is 4.74 Å². The maximum Gasteiger partial charge on any atom is 0.528 e. The van der Waals surface area contributed by atoms with Crippen LogP contribution in [0.3, 0.4) is 0 Å². The molecule has 0 atom stereocenters. The van der Waals surface area contributed by atoms with Gasteiger partial charge in [-0.2, -0.15) is 0 Å². The Morgan fingerprint density at radius 1 is 1.05 bits per heavy atom. The first-order valence-corrected chi connectivity index (χ1v) is 16.0. The van der Waals surface area contributed by atoms with E-state index in [1.54, 1.807) is 40.7 Å². The average molecular weight is 547 g/mol. The van der Waals surface area contributed by atoms with Crippen molar-refractivity contribution in [3.63, 3.8) is 0 Å². The van der Waals surface area contributed by atoms with Crippen molar-refractivity contribution in [2.75, 3.05) is 19.3 Å². The van der Waals surface area contributed by atoms with Crippen molar-refractivity contribution in [3.05, 3.63) is 40.3 Å². The fraction of sp³-hybridized carbons (Fsp3) is 0.630. The Labute approximate surface area is 222 Å². The minimum absolute atomic E-state index is 0.270. The molecule has 4 saturated carbocycles. The molecule has 7 rings (SSSR count). The van der Waals surface area contributed by atoms with Gasteiger partial charge in [-0.15, -0.1) is 16.4 Å². The highest BCUT2D eigenvalue weighted by Gasteiger charge is 2.53. The molecule has 1 aromatic carbocycles. The summed E-state index contributed by atoms with van der Waals surface area (Å²) in [6, 6.07) is 6.42. The van der Waals surface area contributed by atoms with Gasteiger partial charge in [-0.25, -0.2) is 18.2 Å². The van der Waals surface area contributed by atoms with Crippen LogP contribution in [0.4, 0.5) is 4.79 Å². The Kier molecular flexibility index (Phi) is 6.69. The van der Waals surface area contributed by atoms with Crippen molar-refractivity contribution < 1.29 is 27.5 Å². The molecule has 2 aromatic rings. The molecule has 4 bridgehead atoms. The van der Waals surface area contributed by atoms with Gasteiger partial charge in [0.05, 0.1) is 15.6 Å². The van der Waals surface area contributed by atoms with Crippen LogP contribution >= 0.6 is 11.3 Å². The average Bonchev–Trinajstić information content (AvgIpc) is 3.31. The van der Waals surface area contributed by atoms with Crippen LogP contribution in [-0.2, 0) is 26.0 Å². The third-order valence-electron chi connectivity index (χ3n) is 8.50. The summed E-state index contributed by atoms with van der Waals surface area (Å²) in [6.45, 7) is 1.66. The van der Waals surface area contributed by atoms with Crippen LogP contribution in [0, 0.1) is 17.8 Å². The molecule has 10 heteroatoms. The fourth-order valence-electron chi connectivity index (χ4n) is 7.17. The summed E-state index contributed by atoms with van der Waals surface area (Å²) >= 11 is 1.63. The Morgan fingerprint density at radius 2 is 1.68 bits per heavy atom. The number of carbonyl (C=O) groups excluding carboxylic acids is 1. The number of piperidine rings is 1. The van der Waals surface area contributed by atoms with Crippen LogP contribution in [0.15, 0.2) is 34.5 Å². The first kappa shape index (κ1) is 25.1. The van der Waals surface area contributed by atoms with E-state index in [1.165, 1.54) is 25.5 Å². The topological polar surface area (TPSA) is 95.0 Å². The molecule has 5 aliphatic rings. The molecule has 0 N–H and O–H groups in total. The van der Waals surface area contributed by atoms with E-state index >= 15 is 0 Å². The fourth-order valence-corrected chi connectivity index (χ4v) is 8.77. The summed E-state index contributed by atoms with van der Waals surface area (Å²) < 4.78 is 35.0. The van der Waals surface area contributed by atoms with Crippen LogP contribution in [0.25, 0.3) is 0 Å². The summed E-state index contributed by atoms with van der Waals surface area (Å²) in [7, 11) is -3.22. The largest absolute Gasteiger partial charge is 0.528 e. The maximum atomic E-state index is 12.7. The zero-order valence-corrected chi connectivity index (χ0v) is 22.8. The highest BCUT2D eigenvalue weighted by atomic mass is 32.2. The van der Waals surface area contributed by atoms with Crippen LogP contribution in [0.5, 0.6) is 5.75 Å². The number of thiazole rings is 1. The number of hydrogen-bond donors (Lipinski definition) is 0. The smallest absolute Gasteiger partial charge is 0.487 e. The minimum atomic E-state index is -3.22. The highest BCUT2D eigenvalue weighted by Crippen LogP contribution is 2.57. The van der Waals surface area contributed by atoms with Crippen molar-refractivity contribution in [1.82, 2.24) is 10.0 Å². The Balaban J connectivity index is 0.958. The third-order valence-corrected chi connectivity index (χ3v) is 10.7. The molecule has 0 radical (unpaired) electrons. The third kappa shape index (κ3) is 5.66. The van der Waals surface area contributed by atoms with Gasteiger partial charge in [0.25, 0.3) is 0 Å². The zero-order chi connectivity index (χ0) is 25.6. The van der Waals surface area contributed by atoms with Gasteiger partial charge in [0.1, 0.15) is 18.0 Å². The second kappa shape index (κ2) is 9.85. The van der Waals surface area contributed by atoms with E-state index in [-0.39, 0.29) is 10.5 Å². The molecule has 1 saturated heterocycles. The van der Waals surface area contributed by atoms with Gasteiger partial charge in [0.15, 0.2) is 9.84 Å². The highest BCUT2D eigenvalue weighted by molar-refractivity contribution is 7.90. The second-order valence-corrected chi connectivity index (χ2v) is 14.4. The number of hydroxylamine groups is 2. The number of rotatable bonds is 7. The van der Waals surface area contributed by atoms with E-state index in [9.17, 15) is 13.2 Å². The molecule has 8 nitrogen and oxygen atoms in total. The summed E-state index contributed by atoms with van der Waals surface area (Å²) in [6.07, 6.45) is 9.37. The Hall–Kier alpha value is -2.17. The molecule has 1 aromatic heterocycles. The lowest BCUT2D eigenvalue weighted by Crippen LogP contribution is -2.53. The number of sulfone groups is 1. The van der Waals surface area contributed by atoms with Gasteiger partial charge in [-0.05, 0) is 93.4 Å². The van der Waals surface area contributed by atoms with Gasteiger partial charge in [-0.1, -0.05) is 0 Å². The molecule has 200 valence electrons. The number of hydrogen-bond acceptors (Lipinski definition) is 9. The maximum absolute atomic E-state index is 12.7. The van der Waals surface area contributed by atoms with E-state index in [0.717, 1.165) is 60.6 Å². The number of aromatic nitrogens is 1. The van der Waals surface area contributed by atoms with Crippen molar-refractivity contribution >= 4 is 27.3 Å². The Bertz CT molecular complexity index is 1200. The van der Waals surface area contributed by atoms with Gasteiger partial charge >= 0.3 is 6.16 Å². The number of carbonyl (C=O) groups is 1. The van der Waals surface area contributed by atoms with Gasteiger partial charge < -0.3 is 14.3 Å². The van der Waals surface area contributed by atoms with Crippen molar-refractivity contribution in [2.45, 2.75) is 74.4 Å². The van der Waals surface area contributed by atoms with Crippen LogP contribution in [0.2, 0.25) is 0 Å². The molecule has 0 unspecified atom stereocenters.